The van der Waals surface area contributed by atoms with Crippen LogP contribution in [0, 0.1) is 0 Å². The molecule has 0 aliphatic heterocycles. The summed E-state index contributed by atoms with van der Waals surface area (Å²) in [6.45, 7) is 5.39. The van der Waals surface area contributed by atoms with Crippen molar-refractivity contribution in [2.24, 2.45) is 0 Å². The molecule has 0 aromatic carbocycles. The highest BCUT2D eigenvalue weighted by Crippen LogP contribution is 2.11. The molecule has 0 rings (SSSR count). The number of rotatable bonds is 14. The Morgan fingerprint density at radius 2 is 1.16 bits per heavy atom. The Morgan fingerprint density at radius 1 is 0.737 bits per heavy atom. The van der Waals surface area contributed by atoms with Gasteiger partial charge in [-0.05, 0) is 19.9 Å². The molecule has 3 heteroatoms. The molecule has 0 saturated carbocycles. The van der Waals surface area contributed by atoms with Crippen LogP contribution in [-0.4, -0.2) is 23.8 Å². The minimum Gasteiger partial charge on any atom is -0.309 e. The van der Waals surface area contributed by atoms with E-state index in [0.717, 1.165) is 6.54 Å². The molecule has 0 radical (unpaired) electrons. The molecule has 0 spiro atoms. The van der Waals surface area contributed by atoms with E-state index in [1.807, 2.05) is 0 Å². The van der Waals surface area contributed by atoms with Gasteiger partial charge in [-0.25, -0.2) is 0 Å². The predicted molar refractivity (Wildman–Crippen MR) is 89.7 cm³/mol. The molecule has 0 bridgehead atoms. The Bertz CT molecular complexity index is 182. The van der Waals surface area contributed by atoms with E-state index in [1.54, 1.807) is 0 Å². The molecule has 0 aliphatic rings. The summed E-state index contributed by atoms with van der Waals surface area (Å²) in [5, 5.41) is 3.46. The monoisotopic (exact) mass is 309 g/mol. The molecule has 0 aromatic heterocycles. The van der Waals surface area contributed by atoms with E-state index in [1.165, 1.54) is 64.2 Å². The van der Waals surface area contributed by atoms with Crippen molar-refractivity contribution in [3.8, 4) is 0 Å². The number of alkyl halides is 2. The van der Waals surface area contributed by atoms with Crippen molar-refractivity contribution in [3.63, 3.8) is 0 Å². The summed E-state index contributed by atoms with van der Waals surface area (Å²) in [5.41, 5.74) is -0.0949. The van der Waals surface area contributed by atoms with Gasteiger partial charge in [-0.3, -0.25) is 0 Å². The molecule has 0 amide bonds. The summed E-state index contributed by atoms with van der Waals surface area (Å²) in [7, 11) is 0. The SMILES string of the molecule is CCCCCCCCCCCCNC(C)(CCl)CCl. The van der Waals surface area contributed by atoms with Crippen LogP contribution in [0.2, 0.25) is 0 Å². The Labute approximate surface area is 130 Å². The summed E-state index contributed by atoms with van der Waals surface area (Å²) >= 11 is 11.8. The van der Waals surface area contributed by atoms with Crippen molar-refractivity contribution >= 4 is 23.2 Å². The predicted octanol–water partition coefficient (Wildman–Crippen LogP) is 5.73. The van der Waals surface area contributed by atoms with Crippen LogP contribution in [0.1, 0.15) is 78.1 Å². The van der Waals surface area contributed by atoms with Gasteiger partial charge in [-0.15, -0.1) is 23.2 Å². The highest BCUT2D eigenvalue weighted by atomic mass is 35.5. The van der Waals surface area contributed by atoms with Gasteiger partial charge in [0.1, 0.15) is 0 Å². The first-order chi connectivity index (χ1) is 9.18. The van der Waals surface area contributed by atoms with Crippen LogP contribution in [0.15, 0.2) is 0 Å². The van der Waals surface area contributed by atoms with Crippen molar-refractivity contribution in [2.75, 3.05) is 18.3 Å². The van der Waals surface area contributed by atoms with Crippen LogP contribution in [0.4, 0.5) is 0 Å². The van der Waals surface area contributed by atoms with Gasteiger partial charge in [0, 0.05) is 17.3 Å². The van der Waals surface area contributed by atoms with Gasteiger partial charge in [0.15, 0.2) is 0 Å². The first-order valence-electron chi connectivity index (χ1n) is 8.05. The highest BCUT2D eigenvalue weighted by Gasteiger charge is 2.20. The topological polar surface area (TPSA) is 12.0 Å². The fourth-order valence-electron chi connectivity index (χ4n) is 2.13. The molecule has 19 heavy (non-hydrogen) atoms. The van der Waals surface area contributed by atoms with Crippen LogP contribution in [0.25, 0.3) is 0 Å². The van der Waals surface area contributed by atoms with Crippen molar-refractivity contribution in [1.29, 1.82) is 0 Å². The third-order valence-corrected chi connectivity index (χ3v) is 4.85. The van der Waals surface area contributed by atoms with Crippen LogP contribution < -0.4 is 5.32 Å². The van der Waals surface area contributed by atoms with E-state index in [-0.39, 0.29) is 5.54 Å². The quantitative estimate of drug-likeness (QED) is 0.319. The maximum absolute atomic E-state index is 5.90. The lowest BCUT2D eigenvalue weighted by Crippen LogP contribution is -2.46. The van der Waals surface area contributed by atoms with Crippen molar-refractivity contribution < 1.29 is 0 Å². The molecule has 0 aliphatic carbocycles. The second kappa shape index (κ2) is 13.5. The fraction of sp³-hybridized carbons (Fsp3) is 1.00. The van der Waals surface area contributed by atoms with Crippen LogP contribution in [-0.2, 0) is 0 Å². The minimum atomic E-state index is -0.0949. The number of nitrogens with one attached hydrogen (secondary N) is 1. The molecule has 0 unspecified atom stereocenters. The molecular weight excluding hydrogens is 277 g/mol. The second-order valence-electron chi connectivity index (χ2n) is 5.94. The van der Waals surface area contributed by atoms with Gasteiger partial charge in [0.05, 0.1) is 0 Å². The number of unbranched alkanes of at least 4 members (excludes halogenated alkanes) is 9. The lowest BCUT2D eigenvalue weighted by Gasteiger charge is -2.25. The molecular formula is C16H33Cl2N. The first-order valence-corrected chi connectivity index (χ1v) is 9.12. The smallest absolute Gasteiger partial charge is 0.0425 e. The number of hydrogen-bond donors (Lipinski definition) is 1. The zero-order valence-corrected chi connectivity index (χ0v) is 14.5. The van der Waals surface area contributed by atoms with E-state index in [4.69, 9.17) is 23.2 Å². The van der Waals surface area contributed by atoms with E-state index >= 15 is 0 Å². The molecule has 0 saturated heterocycles. The van der Waals surface area contributed by atoms with Crippen LogP contribution in [0.5, 0.6) is 0 Å². The largest absolute Gasteiger partial charge is 0.309 e. The Hall–Kier alpha value is 0.540. The Kier molecular flexibility index (Phi) is 13.9. The molecule has 1 N–H and O–H groups in total. The molecule has 0 fully saturated rings. The summed E-state index contributed by atoms with van der Waals surface area (Å²) in [6.07, 6.45) is 13.8. The summed E-state index contributed by atoms with van der Waals surface area (Å²) < 4.78 is 0. The van der Waals surface area contributed by atoms with Gasteiger partial charge >= 0.3 is 0 Å². The molecule has 0 aromatic rings. The molecule has 0 atom stereocenters. The lowest BCUT2D eigenvalue weighted by molar-refractivity contribution is 0.424. The van der Waals surface area contributed by atoms with Crippen molar-refractivity contribution in [3.05, 3.63) is 0 Å². The van der Waals surface area contributed by atoms with E-state index in [0.29, 0.717) is 11.8 Å². The standard InChI is InChI=1S/C16H33Cl2N/c1-3-4-5-6-7-8-9-10-11-12-13-19-16(2,14-17)15-18/h19H,3-15H2,1-2H3. The highest BCUT2D eigenvalue weighted by molar-refractivity contribution is 6.22. The van der Waals surface area contributed by atoms with Crippen LogP contribution in [0.3, 0.4) is 0 Å². The van der Waals surface area contributed by atoms with Crippen molar-refractivity contribution in [2.45, 2.75) is 83.6 Å². The summed E-state index contributed by atoms with van der Waals surface area (Å²) in [5.74, 6) is 1.16. The van der Waals surface area contributed by atoms with E-state index in [9.17, 15) is 0 Å². The normalized spacial score (nSPS) is 12.0. The van der Waals surface area contributed by atoms with Crippen molar-refractivity contribution in [1.82, 2.24) is 5.32 Å². The average Bonchev–Trinajstić information content (AvgIpc) is 2.44. The van der Waals surface area contributed by atoms with Crippen LogP contribution >= 0.6 is 23.2 Å². The van der Waals surface area contributed by atoms with Gasteiger partial charge < -0.3 is 5.32 Å². The zero-order valence-electron chi connectivity index (χ0n) is 12.9. The second-order valence-corrected chi connectivity index (χ2v) is 6.47. The Morgan fingerprint density at radius 3 is 1.58 bits per heavy atom. The summed E-state index contributed by atoms with van der Waals surface area (Å²) in [4.78, 5) is 0. The lowest BCUT2D eigenvalue weighted by atomic mass is 10.1. The maximum Gasteiger partial charge on any atom is 0.0425 e. The maximum atomic E-state index is 5.90. The van der Waals surface area contributed by atoms with Gasteiger partial charge in [0.25, 0.3) is 0 Å². The fourth-order valence-corrected chi connectivity index (χ4v) is 2.61. The number of halogens is 2. The Balaban J connectivity index is 3.19. The average molecular weight is 310 g/mol. The molecule has 1 nitrogen and oxygen atoms in total. The zero-order chi connectivity index (χ0) is 14.4. The third-order valence-electron chi connectivity index (χ3n) is 3.67. The molecule has 0 heterocycles. The minimum absolute atomic E-state index is 0.0949. The van der Waals surface area contributed by atoms with E-state index in [2.05, 4.69) is 19.2 Å². The molecule has 116 valence electrons. The van der Waals surface area contributed by atoms with Gasteiger partial charge in [-0.1, -0.05) is 64.7 Å². The third kappa shape index (κ3) is 12.0. The summed E-state index contributed by atoms with van der Waals surface area (Å²) in [6, 6.07) is 0. The van der Waals surface area contributed by atoms with Gasteiger partial charge in [0.2, 0.25) is 0 Å². The first kappa shape index (κ1) is 19.5. The number of hydrogen-bond acceptors (Lipinski definition) is 1. The van der Waals surface area contributed by atoms with Gasteiger partial charge in [-0.2, -0.15) is 0 Å². The van der Waals surface area contributed by atoms with E-state index < -0.39 is 0 Å².